The highest BCUT2D eigenvalue weighted by molar-refractivity contribution is 7.99. The number of carbonyl (C=O) groups is 1. The fourth-order valence-corrected chi connectivity index (χ4v) is 3.23. The first-order valence-electron chi connectivity index (χ1n) is 6.41. The summed E-state index contributed by atoms with van der Waals surface area (Å²) in [6, 6.07) is 5.95. The molecule has 20 heavy (non-hydrogen) atoms. The zero-order valence-electron chi connectivity index (χ0n) is 11.9. The summed E-state index contributed by atoms with van der Waals surface area (Å²) in [4.78, 5) is 16.3. The lowest BCUT2D eigenvalue weighted by Gasteiger charge is -2.09. The molecule has 106 valence electrons. The van der Waals surface area contributed by atoms with Crippen molar-refractivity contribution in [2.24, 2.45) is 0 Å². The van der Waals surface area contributed by atoms with E-state index in [1.807, 2.05) is 44.4 Å². The Hall–Kier alpha value is -1.33. The molecule has 0 atom stereocenters. The monoisotopic (exact) mass is 306 g/mol. The van der Waals surface area contributed by atoms with Crippen molar-refractivity contribution in [3.8, 4) is 0 Å². The number of nitrogens with zero attached hydrogens (tertiary/aromatic N) is 1. The summed E-state index contributed by atoms with van der Waals surface area (Å²) < 4.78 is 0. The molecule has 1 amide bonds. The summed E-state index contributed by atoms with van der Waals surface area (Å²) in [7, 11) is 0. The van der Waals surface area contributed by atoms with Crippen LogP contribution in [-0.2, 0) is 10.5 Å². The quantitative estimate of drug-likeness (QED) is 0.909. The number of hydrogen-bond donors (Lipinski definition) is 1. The van der Waals surface area contributed by atoms with Gasteiger partial charge in [0.2, 0.25) is 5.91 Å². The number of thioether (sulfide) groups is 1. The largest absolute Gasteiger partial charge is 0.325 e. The van der Waals surface area contributed by atoms with Crippen LogP contribution in [-0.4, -0.2) is 16.6 Å². The lowest BCUT2D eigenvalue weighted by Crippen LogP contribution is -2.15. The molecule has 0 aliphatic carbocycles. The molecule has 0 spiro atoms. The Morgan fingerprint density at radius 3 is 2.85 bits per heavy atom. The molecule has 2 aromatic rings. The Morgan fingerprint density at radius 2 is 2.15 bits per heavy atom. The molecule has 3 nitrogen and oxygen atoms in total. The molecule has 1 aromatic carbocycles. The second-order valence-electron chi connectivity index (χ2n) is 4.65. The van der Waals surface area contributed by atoms with Gasteiger partial charge in [-0.25, -0.2) is 4.98 Å². The highest BCUT2D eigenvalue weighted by atomic mass is 32.2. The van der Waals surface area contributed by atoms with Crippen molar-refractivity contribution in [2.75, 3.05) is 11.1 Å². The van der Waals surface area contributed by atoms with Gasteiger partial charge in [0.25, 0.3) is 0 Å². The number of aryl methyl sites for hydroxylation is 2. The van der Waals surface area contributed by atoms with Crippen LogP contribution in [0.5, 0.6) is 0 Å². The van der Waals surface area contributed by atoms with Crippen LogP contribution in [0.1, 0.15) is 21.8 Å². The predicted octanol–water partition coefficient (Wildman–Crippen LogP) is 3.94. The minimum Gasteiger partial charge on any atom is -0.325 e. The minimum atomic E-state index is 0.0376. The lowest BCUT2D eigenvalue weighted by atomic mass is 10.1. The average molecular weight is 306 g/mol. The molecule has 1 heterocycles. The Kier molecular flexibility index (Phi) is 5.20. The molecule has 0 bridgehead atoms. The Balaban J connectivity index is 1.82. The third kappa shape index (κ3) is 4.08. The van der Waals surface area contributed by atoms with Crippen LogP contribution in [0.2, 0.25) is 0 Å². The van der Waals surface area contributed by atoms with Gasteiger partial charge in [0, 0.05) is 16.8 Å². The highest BCUT2D eigenvalue weighted by Gasteiger charge is 2.07. The first kappa shape index (κ1) is 15.1. The van der Waals surface area contributed by atoms with E-state index in [9.17, 15) is 4.79 Å². The van der Waals surface area contributed by atoms with Crippen LogP contribution < -0.4 is 5.32 Å². The van der Waals surface area contributed by atoms with Gasteiger partial charge in [0.05, 0.1) is 16.5 Å². The molecule has 1 aromatic heterocycles. The minimum absolute atomic E-state index is 0.0376. The number of aromatic nitrogens is 1. The zero-order valence-corrected chi connectivity index (χ0v) is 13.5. The van der Waals surface area contributed by atoms with Gasteiger partial charge in [-0.2, -0.15) is 0 Å². The Bertz CT molecular complexity index is 608. The molecule has 0 unspecified atom stereocenters. The van der Waals surface area contributed by atoms with Crippen molar-refractivity contribution in [1.82, 2.24) is 4.98 Å². The van der Waals surface area contributed by atoms with Crippen LogP contribution in [0.25, 0.3) is 0 Å². The van der Waals surface area contributed by atoms with Crippen LogP contribution in [0.4, 0.5) is 5.69 Å². The SMILES string of the molecule is Cc1nc(CSCC(=O)Nc2cccc(C)c2C)cs1. The van der Waals surface area contributed by atoms with Gasteiger partial charge in [0.1, 0.15) is 0 Å². The first-order valence-corrected chi connectivity index (χ1v) is 8.44. The van der Waals surface area contributed by atoms with Crippen LogP contribution in [0, 0.1) is 20.8 Å². The molecular weight excluding hydrogens is 288 g/mol. The number of amides is 1. The fourth-order valence-electron chi connectivity index (χ4n) is 1.80. The van der Waals surface area contributed by atoms with Gasteiger partial charge in [-0.1, -0.05) is 12.1 Å². The average Bonchev–Trinajstić information content (AvgIpc) is 2.81. The standard InChI is InChI=1S/C15H18N2OS2/c1-10-5-4-6-14(11(10)2)17-15(18)9-19-7-13-8-20-12(3)16-13/h4-6,8H,7,9H2,1-3H3,(H,17,18). The van der Waals surface area contributed by atoms with Crippen LogP contribution >= 0.6 is 23.1 Å². The van der Waals surface area contributed by atoms with Crippen molar-refractivity contribution in [2.45, 2.75) is 26.5 Å². The van der Waals surface area contributed by atoms with Gasteiger partial charge in [-0.3, -0.25) is 4.79 Å². The topological polar surface area (TPSA) is 42.0 Å². The smallest absolute Gasteiger partial charge is 0.234 e. The second kappa shape index (κ2) is 6.90. The van der Waals surface area contributed by atoms with Gasteiger partial charge in [0.15, 0.2) is 0 Å². The van der Waals surface area contributed by atoms with Gasteiger partial charge in [-0.05, 0) is 38.0 Å². The summed E-state index contributed by atoms with van der Waals surface area (Å²) >= 11 is 3.23. The third-order valence-corrected chi connectivity index (χ3v) is 4.82. The second-order valence-corrected chi connectivity index (χ2v) is 6.69. The van der Waals surface area contributed by atoms with Crippen molar-refractivity contribution < 1.29 is 4.79 Å². The van der Waals surface area contributed by atoms with E-state index < -0.39 is 0 Å². The number of rotatable bonds is 5. The lowest BCUT2D eigenvalue weighted by molar-refractivity contribution is -0.113. The maximum Gasteiger partial charge on any atom is 0.234 e. The molecule has 1 N–H and O–H groups in total. The summed E-state index contributed by atoms with van der Waals surface area (Å²) in [5.41, 5.74) is 4.27. The van der Waals surface area contributed by atoms with Gasteiger partial charge >= 0.3 is 0 Å². The maximum atomic E-state index is 11.9. The van der Waals surface area contributed by atoms with E-state index in [0.29, 0.717) is 5.75 Å². The molecule has 0 aliphatic rings. The molecule has 5 heteroatoms. The molecular formula is C15H18N2OS2. The molecule has 2 rings (SSSR count). The number of benzene rings is 1. The van der Waals surface area contributed by atoms with Crippen molar-refractivity contribution in [3.63, 3.8) is 0 Å². The normalized spacial score (nSPS) is 10.6. The number of carbonyl (C=O) groups excluding carboxylic acids is 1. The number of thiazole rings is 1. The summed E-state index contributed by atoms with van der Waals surface area (Å²) in [6.45, 7) is 6.06. The Labute approximate surface area is 127 Å². The number of hydrogen-bond acceptors (Lipinski definition) is 4. The molecule has 0 aliphatic heterocycles. The summed E-state index contributed by atoms with van der Waals surface area (Å²) in [6.07, 6.45) is 0. The van der Waals surface area contributed by atoms with E-state index in [0.717, 1.165) is 27.7 Å². The van der Waals surface area contributed by atoms with Crippen LogP contribution in [0.15, 0.2) is 23.6 Å². The van der Waals surface area contributed by atoms with E-state index in [2.05, 4.69) is 10.3 Å². The van der Waals surface area contributed by atoms with E-state index in [-0.39, 0.29) is 5.91 Å². The van der Waals surface area contributed by atoms with E-state index in [1.54, 1.807) is 23.1 Å². The summed E-state index contributed by atoms with van der Waals surface area (Å²) in [5, 5.41) is 6.08. The molecule has 0 radical (unpaired) electrons. The maximum absolute atomic E-state index is 11.9. The third-order valence-electron chi connectivity index (χ3n) is 3.03. The fraction of sp³-hybridized carbons (Fsp3) is 0.333. The van der Waals surface area contributed by atoms with Crippen molar-refractivity contribution in [1.29, 1.82) is 0 Å². The van der Waals surface area contributed by atoms with Crippen LogP contribution in [0.3, 0.4) is 0 Å². The van der Waals surface area contributed by atoms with Crippen molar-refractivity contribution >= 4 is 34.7 Å². The molecule has 0 saturated carbocycles. The predicted molar refractivity (Wildman–Crippen MR) is 87.6 cm³/mol. The van der Waals surface area contributed by atoms with Gasteiger partial charge in [-0.15, -0.1) is 23.1 Å². The highest BCUT2D eigenvalue weighted by Crippen LogP contribution is 2.19. The molecule has 0 saturated heterocycles. The van der Waals surface area contributed by atoms with E-state index >= 15 is 0 Å². The van der Waals surface area contributed by atoms with Gasteiger partial charge < -0.3 is 5.32 Å². The van der Waals surface area contributed by atoms with Crippen molar-refractivity contribution in [3.05, 3.63) is 45.4 Å². The summed E-state index contributed by atoms with van der Waals surface area (Å²) in [5.74, 6) is 1.27. The van der Waals surface area contributed by atoms with E-state index in [4.69, 9.17) is 0 Å². The number of anilines is 1. The Morgan fingerprint density at radius 1 is 1.35 bits per heavy atom. The number of nitrogens with one attached hydrogen (secondary N) is 1. The molecule has 0 fully saturated rings. The first-order chi connectivity index (χ1) is 9.56. The van der Waals surface area contributed by atoms with E-state index in [1.165, 1.54) is 5.56 Å². The zero-order chi connectivity index (χ0) is 14.5.